The Morgan fingerprint density at radius 1 is 1.31 bits per heavy atom. The molecule has 2 rings (SSSR count). The SMILES string of the molecule is Cc1nc2cc(C=O)cc(C(C)(C)C)c2o1. The van der Waals surface area contributed by atoms with Crippen molar-refractivity contribution in [1.29, 1.82) is 0 Å². The standard InChI is InChI=1S/C13H15NO2/c1-8-14-11-6-9(7-15)5-10(12(11)16-8)13(2,3)4/h5-7H,1-4H3. The molecule has 0 saturated heterocycles. The molecule has 0 spiro atoms. The van der Waals surface area contributed by atoms with E-state index in [9.17, 15) is 4.79 Å². The second-order valence-corrected chi connectivity index (χ2v) is 5.02. The molecule has 0 radical (unpaired) electrons. The van der Waals surface area contributed by atoms with Crippen LogP contribution in [0.4, 0.5) is 0 Å². The molecular weight excluding hydrogens is 202 g/mol. The normalized spacial score (nSPS) is 12.0. The van der Waals surface area contributed by atoms with Gasteiger partial charge in [-0.1, -0.05) is 20.8 Å². The molecule has 0 atom stereocenters. The zero-order chi connectivity index (χ0) is 11.9. The lowest BCUT2D eigenvalue weighted by Crippen LogP contribution is -2.11. The summed E-state index contributed by atoms with van der Waals surface area (Å²) in [7, 11) is 0. The van der Waals surface area contributed by atoms with E-state index >= 15 is 0 Å². The fourth-order valence-electron chi connectivity index (χ4n) is 1.79. The number of carbonyl (C=O) groups excluding carboxylic acids is 1. The molecule has 3 nitrogen and oxygen atoms in total. The molecule has 0 fully saturated rings. The van der Waals surface area contributed by atoms with Crippen LogP contribution in [0.3, 0.4) is 0 Å². The van der Waals surface area contributed by atoms with Gasteiger partial charge in [-0.05, 0) is 17.5 Å². The van der Waals surface area contributed by atoms with Gasteiger partial charge in [0.05, 0.1) is 0 Å². The highest BCUT2D eigenvalue weighted by Crippen LogP contribution is 2.31. The Morgan fingerprint density at radius 3 is 2.56 bits per heavy atom. The van der Waals surface area contributed by atoms with Crippen LogP contribution >= 0.6 is 0 Å². The minimum absolute atomic E-state index is 0.0662. The van der Waals surface area contributed by atoms with Crippen molar-refractivity contribution in [2.75, 3.05) is 0 Å². The largest absolute Gasteiger partial charge is 0.441 e. The van der Waals surface area contributed by atoms with Gasteiger partial charge in [-0.15, -0.1) is 0 Å². The summed E-state index contributed by atoms with van der Waals surface area (Å²) >= 11 is 0. The molecule has 0 aliphatic rings. The van der Waals surface area contributed by atoms with E-state index in [1.807, 2.05) is 13.0 Å². The highest BCUT2D eigenvalue weighted by Gasteiger charge is 2.21. The molecule has 16 heavy (non-hydrogen) atoms. The summed E-state index contributed by atoms with van der Waals surface area (Å²) in [5, 5.41) is 0. The van der Waals surface area contributed by atoms with Gasteiger partial charge in [0.1, 0.15) is 11.8 Å². The number of benzene rings is 1. The average Bonchev–Trinajstić information content (AvgIpc) is 2.54. The van der Waals surface area contributed by atoms with E-state index in [1.165, 1.54) is 0 Å². The average molecular weight is 217 g/mol. The number of nitrogens with zero attached hydrogens (tertiary/aromatic N) is 1. The lowest BCUT2D eigenvalue weighted by Gasteiger charge is -2.19. The second kappa shape index (κ2) is 3.44. The van der Waals surface area contributed by atoms with Crippen LogP contribution in [0, 0.1) is 6.92 Å². The Balaban J connectivity index is 2.83. The molecule has 0 N–H and O–H groups in total. The van der Waals surface area contributed by atoms with Crippen molar-refractivity contribution < 1.29 is 9.21 Å². The zero-order valence-corrected chi connectivity index (χ0v) is 10.00. The lowest BCUT2D eigenvalue weighted by atomic mass is 9.85. The molecule has 0 amide bonds. The number of aromatic nitrogens is 1. The van der Waals surface area contributed by atoms with Crippen molar-refractivity contribution in [3.8, 4) is 0 Å². The van der Waals surface area contributed by atoms with Crippen LogP contribution in [0.5, 0.6) is 0 Å². The molecule has 1 aromatic carbocycles. The van der Waals surface area contributed by atoms with E-state index in [0.29, 0.717) is 11.5 Å². The van der Waals surface area contributed by atoms with Gasteiger partial charge in [-0.25, -0.2) is 4.98 Å². The van der Waals surface area contributed by atoms with E-state index < -0.39 is 0 Å². The molecule has 2 aromatic rings. The minimum atomic E-state index is -0.0662. The maximum absolute atomic E-state index is 10.9. The predicted molar refractivity (Wildman–Crippen MR) is 62.8 cm³/mol. The van der Waals surface area contributed by atoms with Gasteiger partial charge in [0.2, 0.25) is 0 Å². The second-order valence-electron chi connectivity index (χ2n) is 5.02. The number of aryl methyl sites for hydroxylation is 1. The summed E-state index contributed by atoms with van der Waals surface area (Å²) in [5.74, 6) is 0.628. The Morgan fingerprint density at radius 2 is 2.00 bits per heavy atom. The van der Waals surface area contributed by atoms with E-state index in [0.717, 1.165) is 22.9 Å². The third-order valence-electron chi connectivity index (χ3n) is 2.56. The van der Waals surface area contributed by atoms with Gasteiger partial charge in [0, 0.05) is 18.1 Å². The summed E-state index contributed by atoms with van der Waals surface area (Å²) in [4.78, 5) is 15.1. The molecule has 1 aromatic heterocycles. The maximum atomic E-state index is 10.9. The summed E-state index contributed by atoms with van der Waals surface area (Å²) in [6, 6.07) is 3.63. The summed E-state index contributed by atoms with van der Waals surface area (Å²) in [6.45, 7) is 8.09. The van der Waals surface area contributed by atoms with Crippen molar-refractivity contribution in [3.05, 3.63) is 29.2 Å². The van der Waals surface area contributed by atoms with Gasteiger partial charge in [0.15, 0.2) is 11.5 Å². The molecule has 84 valence electrons. The summed E-state index contributed by atoms with van der Waals surface area (Å²) in [5.41, 5.74) is 3.14. The van der Waals surface area contributed by atoms with Crippen molar-refractivity contribution >= 4 is 17.4 Å². The van der Waals surface area contributed by atoms with Crippen LogP contribution in [0.2, 0.25) is 0 Å². The molecule has 0 unspecified atom stereocenters. The number of rotatable bonds is 1. The predicted octanol–water partition coefficient (Wildman–Crippen LogP) is 3.25. The Kier molecular flexibility index (Phi) is 2.34. The fraction of sp³-hybridized carbons (Fsp3) is 0.385. The Bertz CT molecular complexity index is 547. The van der Waals surface area contributed by atoms with Crippen LogP contribution in [-0.2, 0) is 5.41 Å². The van der Waals surface area contributed by atoms with Gasteiger partial charge < -0.3 is 4.42 Å². The van der Waals surface area contributed by atoms with E-state index in [4.69, 9.17) is 4.42 Å². The number of fused-ring (bicyclic) bond motifs is 1. The third-order valence-corrected chi connectivity index (χ3v) is 2.56. The fourth-order valence-corrected chi connectivity index (χ4v) is 1.79. The monoisotopic (exact) mass is 217 g/mol. The first kappa shape index (κ1) is 10.9. The minimum Gasteiger partial charge on any atom is -0.441 e. The van der Waals surface area contributed by atoms with Crippen LogP contribution in [0.15, 0.2) is 16.5 Å². The number of hydrogen-bond acceptors (Lipinski definition) is 3. The van der Waals surface area contributed by atoms with Crippen LogP contribution in [-0.4, -0.2) is 11.3 Å². The molecule has 0 bridgehead atoms. The number of hydrogen-bond donors (Lipinski definition) is 0. The topological polar surface area (TPSA) is 43.1 Å². The first-order chi connectivity index (χ1) is 7.41. The molecular formula is C13H15NO2. The molecule has 0 aliphatic carbocycles. The van der Waals surface area contributed by atoms with Gasteiger partial charge >= 0.3 is 0 Å². The number of oxazole rings is 1. The summed E-state index contributed by atoms with van der Waals surface area (Å²) in [6.07, 6.45) is 0.846. The highest BCUT2D eigenvalue weighted by molar-refractivity contribution is 5.86. The first-order valence-electron chi connectivity index (χ1n) is 5.28. The number of aldehydes is 1. The zero-order valence-electron chi connectivity index (χ0n) is 10.00. The van der Waals surface area contributed by atoms with Crippen molar-refractivity contribution in [1.82, 2.24) is 4.98 Å². The molecule has 1 heterocycles. The number of carbonyl (C=O) groups is 1. The third kappa shape index (κ3) is 1.73. The van der Waals surface area contributed by atoms with E-state index in [2.05, 4.69) is 25.8 Å². The van der Waals surface area contributed by atoms with Crippen molar-refractivity contribution in [2.45, 2.75) is 33.1 Å². The van der Waals surface area contributed by atoms with Crippen molar-refractivity contribution in [2.24, 2.45) is 0 Å². The van der Waals surface area contributed by atoms with Gasteiger partial charge in [0.25, 0.3) is 0 Å². The van der Waals surface area contributed by atoms with E-state index in [-0.39, 0.29) is 5.41 Å². The molecule has 3 heteroatoms. The van der Waals surface area contributed by atoms with Crippen LogP contribution in [0.1, 0.15) is 42.6 Å². The quantitative estimate of drug-likeness (QED) is 0.688. The van der Waals surface area contributed by atoms with Crippen LogP contribution < -0.4 is 0 Å². The molecule has 0 aliphatic heterocycles. The first-order valence-corrected chi connectivity index (χ1v) is 5.28. The van der Waals surface area contributed by atoms with Gasteiger partial charge in [-0.3, -0.25) is 4.79 Å². The lowest BCUT2D eigenvalue weighted by molar-refractivity contribution is 0.112. The van der Waals surface area contributed by atoms with Crippen molar-refractivity contribution in [3.63, 3.8) is 0 Å². The van der Waals surface area contributed by atoms with Gasteiger partial charge in [-0.2, -0.15) is 0 Å². The van der Waals surface area contributed by atoms with E-state index in [1.54, 1.807) is 6.07 Å². The molecule has 0 saturated carbocycles. The Hall–Kier alpha value is -1.64. The highest BCUT2D eigenvalue weighted by atomic mass is 16.3. The maximum Gasteiger partial charge on any atom is 0.192 e. The Labute approximate surface area is 94.5 Å². The summed E-state index contributed by atoms with van der Waals surface area (Å²) < 4.78 is 5.60. The smallest absolute Gasteiger partial charge is 0.192 e. The van der Waals surface area contributed by atoms with Crippen LogP contribution in [0.25, 0.3) is 11.1 Å².